The maximum absolute atomic E-state index is 12.4. The van der Waals surface area contributed by atoms with Crippen LogP contribution in [0, 0.1) is 6.92 Å². The smallest absolute Gasteiger partial charge is 0.335 e. The maximum Gasteiger partial charge on any atom is 0.335 e. The van der Waals surface area contributed by atoms with Gasteiger partial charge in [-0.25, -0.2) is 14.3 Å². The van der Waals surface area contributed by atoms with Gasteiger partial charge in [0.05, 0.1) is 0 Å². The summed E-state index contributed by atoms with van der Waals surface area (Å²) in [4.78, 5) is 31.6. The molecule has 3 rings (SSSR count). The zero-order chi connectivity index (χ0) is 17.1. The second-order valence-electron chi connectivity index (χ2n) is 5.58. The number of nitrogens with zero attached hydrogens (tertiary/aromatic N) is 2. The molecule has 0 saturated heterocycles. The van der Waals surface area contributed by atoms with Crippen molar-refractivity contribution in [1.82, 2.24) is 14.5 Å². The van der Waals surface area contributed by atoms with E-state index in [9.17, 15) is 9.59 Å². The van der Waals surface area contributed by atoms with E-state index in [1.807, 2.05) is 37.3 Å². The van der Waals surface area contributed by atoms with E-state index in [1.165, 1.54) is 6.07 Å². The summed E-state index contributed by atoms with van der Waals surface area (Å²) >= 11 is 0. The number of hydrogen-bond acceptors (Lipinski definition) is 4. The first-order chi connectivity index (χ1) is 11.5. The average Bonchev–Trinajstić information content (AvgIpc) is 2.55. The molecule has 0 spiro atoms. The van der Waals surface area contributed by atoms with E-state index < -0.39 is 11.2 Å². The Morgan fingerprint density at radius 3 is 2.50 bits per heavy atom. The highest BCUT2D eigenvalue weighted by atomic mass is 16.2. The minimum absolute atomic E-state index is 0.0470. The van der Waals surface area contributed by atoms with Gasteiger partial charge >= 0.3 is 5.69 Å². The van der Waals surface area contributed by atoms with E-state index >= 15 is 0 Å². The van der Waals surface area contributed by atoms with Crippen molar-refractivity contribution in [2.24, 2.45) is 0 Å². The summed E-state index contributed by atoms with van der Waals surface area (Å²) in [5.74, 6) is 0.689. The number of hydrogen-bond donors (Lipinski definition) is 2. The number of anilines is 1. The highest BCUT2D eigenvalue weighted by Crippen LogP contribution is 2.15. The zero-order valence-corrected chi connectivity index (χ0v) is 13.5. The molecule has 0 bridgehead atoms. The number of benzene rings is 1. The summed E-state index contributed by atoms with van der Waals surface area (Å²) in [5.41, 5.74) is 0.838. The molecule has 0 fully saturated rings. The van der Waals surface area contributed by atoms with Gasteiger partial charge in [0.25, 0.3) is 5.56 Å². The van der Waals surface area contributed by atoms with Crippen molar-refractivity contribution in [2.75, 3.05) is 5.32 Å². The van der Waals surface area contributed by atoms with Crippen LogP contribution in [-0.2, 0) is 0 Å². The number of rotatable bonds is 4. The van der Waals surface area contributed by atoms with Crippen LogP contribution in [0.5, 0.6) is 0 Å². The lowest BCUT2D eigenvalue weighted by molar-refractivity contribution is 0.819. The van der Waals surface area contributed by atoms with Gasteiger partial charge < -0.3 is 5.32 Å². The molecular formula is C18H18N4O2. The summed E-state index contributed by atoms with van der Waals surface area (Å²) in [6.07, 6.45) is 0. The molecule has 0 aliphatic carbocycles. The fraction of sp³-hybridized carbons (Fsp3) is 0.167. The first-order valence-corrected chi connectivity index (χ1v) is 7.66. The molecule has 0 aliphatic heterocycles. The van der Waals surface area contributed by atoms with E-state index in [-0.39, 0.29) is 6.04 Å². The van der Waals surface area contributed by atoms with Gasteiger partial charge in [-0.05, 0) is 31.5 Å². The van der Waals surface area contributed by atoms with Gasteiger partial charge in [-0.1, -0.05) is 36.4 Å². The van der Waals surface area contributed by atoms with Crippen molar-refractivity contribution in [1.29, 1.82) is 0 Å². The SMILES string of the molecule is Cc1cccc(-n2c(=O)cc(NC(C)c3ccccc3)[nH]c2=O)n1. The minimum Gasteiger partial charge on any atom is -0.365 e. The molecule has 24 heavy (non-hydrogen) atoms. The van der Waals surface area contributed by atoms with Crippen molar-refractivity contribution in [2.45, 2.75) is 19.9 Å². The van der Waals surface area contributed by atoms with Gasteiger partial charge in [0, 0.05) is 17.8 Å². The molecule has 0 saturated carbocycles. The summed E-state index contributed by atoms with van der Waals surface area (Å²) in [6, 6.07) is 16.3. The number of aromatic nitrogens is 3. The van der Waals surface area contributed by atoms with Gasteiger partial charge in [0.15, 0.2) is 0 Å². The molecule has 2 N–H and O–H groups in total. The molecule has 2 aromatic heterocycles. The molecule has 3 aromatic rings. The van der Waals surface area contributed by atoms with Crippen LogP contribution in [0.1, 0.15) is 24.2 Å². The van der Waals surface area contributed by atoms with Crippen LogP contribution in [-0.4, -0.2) is 14.5 Å². The predicted octanol–water partition coefficient (Wildman–Crippen LogP) is 2.40. The van der Waals surface area contributed by atoms with Crippen molar-refractivity contribution in [3.63, 3.8) is 0 Å². The van der Waals surface area contributed by atoms with Gasteiger partial charge in [-0.2, -0.15) is 0 Å². The molecule has 0 aliphatic rings. The van der Waals surface area contributed by atoms with Crippen LogP contribution in [0.3, 0.4) is 0 Å². The summed E-state index contributed by atoms with van der Waals surface area (Å²) in [7, 11) is 0. The Balaban J connectivity index is 1.93. The van der Waals surface area contributed by atoms with Crippen molar-refractivity contribution in [3.8, 4) is 5.82 Å². The van der Waals surface area contributed by atoms with E-state index in [2.05, 4.69) is 15.3 Å². The Kier molecular flexibility index (Phi) is 4.29. The van der Waals surface area contributed by atoms with E-state index in [0.717, 1.165) is 15.8 Å². The molecule has 2 heterocycles. The Morgan fingerprint density at radius 2 is 1.83 bits per heavy atom. The second kappa shape index (κ2) is 6.54. The molecule has 0 amide bonds. The standard InChI is InChI=1S/C18H18N4O2/c1-12-7-6-10-16(19-12)22-17(23)11-15(21-18(22)24)20-13(2)14-8-4-3-5-9-14/h3-11,13,20H,1-2H3,(H,21,24). The maximum atomic E-state index is 12.4. The normalized spacial score (nSPS) is 11.9. The average molecular weight is 322 g/mol. The Morgan fingerprint density at radius 1 is 1.08 bits per heavy atom. The Hall–Kier alpha value is -3.15. The monoisotopic (exact) mass is 322 g/mol. The van der Waals surface area contributed by atoms with Gasteiger partial charge in [-0.15, -0.1) is 0 Å². The van der Waals surface area contributed by atoms with Crippen LogP contribution in [0.15, 0.2) is 64.2 Å². The third-order valence-corrected chi connectivity index (χ3v) is 3.71. The van der Waals surface area contributed by atoms with Crippen molar-refractivity contribution >= 4 is 5.82 Å². The van der Waals surface area contributed by atoms with Gasteiger partial charge in [0.2, 0.25) is 0 Å². The van der Waals surface area contributed by atoms with Crippen LogP contribution < -0.4 is 16.6 Å². The molecule has 6 nitrogen and oxygen atoms in total. The van der Waals surface area contributed by atoms with Crippen LogP contribution in [0.25, 0.3) is 5.82 Å². The fourth-order valence-electron chi connectivity index (χ4n) is 2.50. The molecule has 1 aromatic carbocycles. The third kappa shape index (κ3) is 3.27. The van der Waals surface area contributed by atoms with Crippen molar-refractivity contribution < 1.29 is 0 Å². The lowest BCUT2D eigenvalue weighted by Gasteiger charge is -2.15. The lowest BCUT2D eigenvalue weighted by atomic mass is 10.1. The van der Waals surface area contributed by atoms with E-state index in [0.29, 0.717) is 11.6 Å². The van der Waals surface area contributed by atoms with Crippen molar-refractivity contribution in [3.05, 3.63) is 86.7 Å². The molecule has 1 atom stereocenters. The fourth-order valence-corrected chi connectivity index (χ4v) is 2.50. The lowest BCUT2D eigenvalue weighted by Crippen LogP contribution is -2.34. The largest absolute Gasteiger partial charge is 0.365 e. The summed E-state index contributed by atoms with van der Waals surface area (Å²) in [6.45, 7) is 3.77. The van der Waals surface area contributed by atoms with Crippen LogP contribution in [0.4, 0.5) is 5.82 Å². The third-order valence-electron chi connectivity index (χ3n) is 3.71. The number of nitrogens with one attached hydrogen (secondary N) is 2. The first kappa shape index (κ1) is 15.7. The quantitative estimate of drug-likeness (QED) is 0.773. The zero-order valence-electron chi connectivity index (χ0n) is 13.5. The summed E-state index contributed by atoms with van der Waals surface area (Å²) in [5, 5.41) is 3.14. The predicted molar refractivity (Wildman–Crippen MR) is 93.7 cm³/mol. The first-order valence-electron chi connectivity index (χ1n) is 7.66. The van der Waals surface area contributed by atoms with E-state index in [1.54, 1.807) is 25.1 Å². The minimum atomic E-state index is -0.525. The molecule has 1 unspecified atom stereocenters. The highest BCUT2D eigenvalue weighted by Gasteiger charge is 2.10. The highest BCUT2D eigenvalue weighted by molar-refractivity contribution is 5.38. The molecular weight excluding hydrogens is 304 g/mol. The van der Waals surface area contributed by atoms with E-state index in [4.69, 9.17) is 0 Å². The Bertz CT molecular complexity index is 929. The second-order valence-corrected chi connectivity index (χ2v) is 5.58. The topological polar surface area (TPSA) is 79.8 Å². The Labute approximate surface area is 138 Å². The van der Waals surface area contributed by atoms with Crippen LogP contribution in [0.2, 0.25) is 0 Å². The molecule has 6 heteroatoms. The number of pyridine rings is 1. The molecule has 0 radical (unpaired) electrons. The number of H-pyrrole nitrogens is 1. The molecule has 122 valence electrons. The van der Waals surface area contributed by atoms with Gasteiger partial charge in [0.1, 0.15) is 11.6 Å². The summed E-state index contributed by atoms with van der Waals surface area (Å²) < 4.78 is 1.02. The van der Waals surface area contributed by atoms with Crippen LogP contribution >= 0.6 is 0 Å². The van der Waals surface area contributed by atoms with Gasteiger partial charge in [-0.3, -0.25) is 9.78 Å². The number of aryl methyl sites for hydroxylation is 1. The number of aromatic amines is 1.